The van der Waals surface area contributed by atoms with Gasteiger partial charge in [0, 0.05) is 32.1 Å². The van der Waals surface area contributed by atoms with Gasteiger partial charge in [0.1, 0.15) is 6.04 Å². The van der Waals surface area contributed by atoms with Crippen LogP contribution in [0.2, 0.25) is 0 Å². The highest BCUT2D eigenvalue weighted by molar-refractivity contribution is 5.78. The number of aliphatic carboxylic acids is 1. The molecule has 0 spiro atoms. The molecule has 6 heteroatoms. The normalized spacial score (nSPS) is 20.1. The number of carboxylic acid groups (broad SMARTS) is 1. The van der Waals surface area contributed by atoms with Crippen molar-refractivity contribution in [1.29, 1.82) is 0 Å². The number of hydrogen-bond acceptors (Lipinski definition) is 4. The summed E-state index contributed by atoms with van der Waals surface area (Å²) in [6, 6.07) is -0.480. The summed E-state index contributed by atoms with van der Waals surface area (Å²) in [5, 5.41) is 8.96. The summed E-state index contributed by atoms with van der Waals surface area (Å²) in [6.45, 7) is 6.72. The van der Waals surface area contributed by atoms with Gasteiger partial charge in [0.25, 0.3) is 0 Å². The van der Waals surface area contributed by atoms with E-state index in [-0.39, 0.29) is 11.8 Å². The summed E-state index contributed by atoms with van der Waals surface area (Å²) >= 11 is 0. The van der Waals surface area contributed by atoms with Crippen molar-refractivity contribution in [2.45, 2.75) is 32.7 Å². The highest BCUT2D eigenvalue weighted by Crippen LogP contribution is 2.13. The van der Waals surface area contributed by atoms with E-state index >= 15 is 0 Å². The Morgan fingerprint density at radius 3 is 2.26 bits per heavy atom. The molecule has 1 aliphatic heterocycles. The average Bonchev–Trinajstić information content (AvgIpc) is 2.43. The Balaban J connectivity index is 2.40. The maximum atomic E-state index is 12.2. The molecule has 0 radical (unpaired) electrons. The minimum absolute atomic E-state index is 0.00648. The number of carbonyl (C=O) groups is 2. The Labute approximate surface area is 114 Å². The highest BCUT2D eigenvalue weighted by atomic mass is 16.4. The SMILES string of the molecule is CC(CCCN)C(=O)N1CCN(C(C)C(=O)O)CC1. The average molecular weight is 271 g/mol. The Bertz CT molecular complexity index is 314. The molecule has 3 N–H and O–H groups in total. The lowest BCUT2D eigenvalue weighted by Gasteiger charge is -2.37. The van der Waals surface area contributed by atoms with Crippen LogP contribution in [0.15, 0.2) is 0 Å². The standard InChI is InChI=1S/C13H25N3O3/c1-10(4-3-5-14)12(17)16-8-6-15(7-9-16)11(2)13(18)19/h10-11H,3-9,14H2,1-2H3,(H,18,19). The molecular formula is C13H25N3O3. The van der Waals surface area contributed by atoms with Crippen LogP contribution in [0.5, 0.6) is 0 Å². The van der Waals surface area contributed by atoms with E-state index < -0.39 is 12.0 Å². The van der Waals surface area contributed by atoms with E-state index in [0.717, 1.165) is 12.8 Å². The molecule has 0 aromatic rings. The summed E-state index contributed by atoms with van der Waals surface area (Å²) in [5.74, 6) is -0.640. The number of piperazine rings is 1. The first kappa shape index (κ1) is 15.9. The van der Waals surface area contributed by atoms with Crippen molar-refractivity contribution in [3.05, 3.63) is 0 Å². The minimum atomic E-state index is -0.809. The van der Waals surface area contributed by atoms with Crippen molar-refractivity contribution in [2.75, 3.05) is 32.7 Å². The van der Waals surface area contributed by atoms with Gasteiger partial charge in [-0.05, 0) is 26.3 Å². The van der Waals surface area contributed by atoms with Gasteiger partial charge in [0.15, 0.2) is 0 Å². The zero-order valence-corrected chi connectivity index (χ0v) is 11.8. The zero-order chi connectivity index (χ0) is 14.4. The number of amides is 1. The first-order valence-electron chi connectivity index (χ1n) is 6.93. The van der Waals surface area contributed by atoms with Crippen LogP contribution < -0.4 is 5.73 Å². The largest absolute Gasteiger partial charge is 0.480 e. The molecule has 1 saturated heterocycles. The molecule has 1 amide bonds. The molecule has 1 heterocycles. The smallest absolute Gasteiger partial charge is 0.320 e. The molecule has 0 bridgehead atoms. The number of rotatable bonds is 6. The van der Waals surface area contributed by atoms with Crippen molar-refractivity contribution < 1.29 is 14.7 Å². The van der Waals surface area contributed by atoms with E-state index in [4.69, 9.17) is 10.8 Å². The molecule has 0 aliphatic carbocycles. The third kappa shape index (κ3) is 4.47. The molecular weight excluding hydrogens is 246 g/mol. The summed E-state index contributed by atoms with van der Waals surface area (Å²) in [6.07, 6.45) is 1.68. The number of nitrogens with zero attached hydrogens (tertiary/aromatic N) is 2. The van der Waals surface area contributed by atoms with Crippen molar-refractivity contribution in [3.63, 3.8) is 0 Å². The quantitative estimate of drug-likeness (QED) is 0.709. The molecule has 1 rings (SSSR count). The lowest BCUT2D eigenvalue weighted by molar-refractivity contribution is -0.144. The van der Waals surface area contributed by atoms with E-state index in [0.29, 0.717) is 32.7 Å². The lowest BCUT2D eigenvalue weighted by Crippen LogP contribution is -2.54. The summed E-state index contributed by atoms with van der Waals surface area (Å²) in [7, 11) is 0. The van der Waals surface area contributed by atoms with Gasteiger partial charge in [-0.2, -0.15) is 0 Å². The van der Waals surface area contributed by atoms with Crippen LogP contribution >= 0.6 is 0 Å². The van der Waals surface area contributed by atoms with Gasteiger partial charge in [-0.1, -0.05) is 6.92 Å². The molecule has 110 valence electrons. The van der Waals surface area contributed by atoms with Crippen LogP contribution in [0.4, 0.5) is 0 Å². The first-order chi connectivity index (χ1) is 8.97. The first-order valence-corrected chi connectivity index (χ1v) is 6.93. The van der Waals surface area contributed by atoms with Crippen LogP contribution in [0, 0.1) is 5.92 Å². The molecule has 1 fully saturated rings. The third-order valence-corrected chi connectivity index (χ3v) is 3.79. The monoisotopic (exact) mass is 271 g/mol. The van der Waals surface area contributed by atoms with Crippen LogP contribution in [-0.4, -0.2) is 65.5 Å². The number of hydrogen-bond donors (Lipinski definition) is 2. The molecule has 19 heavy (non-hydrogen) atoms. The van der Waals surface area contributed by atoms with E-state index in [9.17, 15) is 9.59 Å². The Hall–Kier alpha value is -1.14. The summed E-state index contributed by atoms with van der Waals surface area (Å²) < 4.78 is 0. The predicted octanol–water partition coefficient (Wildman–Crippen LogP) is -0.0213. The zero-order valence-electron chi connectivity index (χ0n) is 11.8. The van der Waals surface area contributed by atoms with E-state index in [1.807, 2.05) is 16.7 Å². The van der Waals surface area contributed by atoms with Crippen LogP contribution in [0.1, 0.15) is 26.7 Å². The number of nitrogens with two attached hydrogens (primary N) is 1. The van der Waals surface area contributed by atoms with Gasteiger partial charge in [-0.15, -0.1) is 0 Å². The molecule has 6 nitrogen and oxygen atoms in total. The van der Waals surface area contributed by atoms with Crippen molar-refractivity contribution in [2.24, 2.45) is 11.7 Å². The maximum absolute atomic E-state index is 12.2. The van der Waals surface area contributed by atoms with E-state index in [2.05, 4.69) is 0 Å². The van der Waals surface area contributed by atoms with Gasteiger partial charge in [-0.3, -0.25) is 14.5 Å². The lowest BCUT2D eigenvalue weighted by atomic mass is 10.0. The minimum Gasteiger partial charge on any atom is -0.480 e. The third-order valence-electron chi connectivity index (χ3n) is 3.79. The fourth-order valence-corrected chi connectivity index (χ4v) is 2.34. The molecule has 0 saturated carbocycles. The van der Waals surface area contributed by atoms with Crippen molar-refractivity contribution >= 4 is 11.9 Å². The van der Waals surface area contributed by atoms with E-state index in [1.165, 1.54) is 0 Å². The fourth-order valence-electron chi connectivity index (χ4n) is 2.34. The highest BCUT2D eigenvalue weighted by Gasteiger charge is 2.28. The second kappa shape index (κ2) is 7.45. The van der Waals surface area contributed by atoms with Crippen molar-refractivity contribution in [3.8, 4) is 0 Å². The Kier molecular flexibility index (Phi) is 6.24. The number of carbonyl (C=O) groups excluding carboxylic acids is 1. The van der Waals surface area contributed by atoms with Crippen LogP contribution in [0.3, 0.4) is 0 Å². The Morgan fingerprint density at radius 1 is 1.21 bits per heavy atom. The molecule has 0 aromatic heterocycles. The molecule has 2 unspecified atom stereocenters. The summed E-state index contributed by atoms with van der Waals surface area (Å²) in [5.41, 5.74) is 5.45. The van der Waals surface area contributed by atoms with Gasteiger partial charge in [-0.25, -0.2) is 0 Å². The fraction of sp³-hybridized carbons (Fsp3) is 0.846. The van der Waals surface area contributed by atoms with Crippen LogP contribution in [0.25, 0.3) is 0 Å². The summed E-state index contributed by atoms with van der Waals surface area (Å²) in [4.78, 5) is 26.8. The molecule has 1 aliphatic rings. The van der Waals surface area contributed by atoms with Gasteiger partial charge in [0.2, 0.25) is 5.91 Å². The maximum Gasteiger partial charge on any atom is 0.320 e. The van der Waals surface area contributed by atoms with Crippen LogP contribution in [-0.2, 0) is 9.59 Å². The van der Waals surface area contributed by atoms with Gasteiger partial charge >= 0.3 is 5.97 Å². The predicted molar refractivity (Wildman–Crippen MR) is 72.7 cm³/mol. The van der Waals surface area contributed by atoms with E-state index in [1.54, 1.807) is 6.92 Å². The second-order valence-electron chi connectivity index (χ2n) is 5.21. The molecule has 0 aromatic carbocycles. The van der Waals surface area contributed by atoms with Gasteiger partial charge in [0.05, 0.1) is 0 Å². The van der Waals surface area contributed by atoms with Crippen molar-refractivity contribution in [1.82, 2.24) is 9.80 Å². The topological polar surface area (TPSA) is 86.9 Å². The molecule has 2 atom stereocenters. The Morgan fingerprint density at radius 2 is 1.79 bits per heavy atom. The van der Waals surface area contributed by atoms with Gasteiger partial charge < -0.3 is 15.7 Å². The number of carboxylic acids is 1. The second-order valence-corrected chi connectivity index (χ2v) is 5.21.